The molecule has 0 saturated carbocycles. The van der Waals surface area contributed by atoms with Crippen LogP contribution in [0, 0.1) is 14.0 Å². The Labute approximate surface area is 109 Å². The number of rotatable bonds is 0. The molecule has 0 aliphatic carbocycles. The number of hydrogen-bond acceptors (Lipinski definition) is 2. The maximum atomic E-state index is 10.2. The predicted octanol–water partition coefficient (Wildman–Crippen LogP) is 0.737. The van der Waals surface area contributed by atoms with Gasteiger partial charge < -0.3 is 22.0 Å². The van der Waals surface area contributed by atoms with Gasteiger partial charge in [-0.05, 0) is 6.07 Å². The molecule has 1 rings (SSSR count). The number of carbonyl (C=O) groups is 1. The van der Waals surface area contributed by atoms with Crippen molar-refractivity contribution >= 4 is 5.91 Å². The molecule has 2 N–H and O–H groups in total. The SMILES string of the molecule is C.O=c1cccc[nH]1.[CH2-]NC([CH2-])=O.[Y]. The van der Waals surface area contributed by atoms with Crippen molar-refractivity contribution in [2.24, 2.45) is 0 Å². The molecule has 0 atom stereocenters. The van der Waals surface area contributed by atoms with Crippen LogP contribution in [0.15, 0.2) is 29.2 Å². The number of nitrogens with one attached hydrogen (secondary N) is 2. The minimum Gasteiger partial charge on any atom is -0.534 e. The van der Waals surface area contributed by atoms with Crippen LogP contribution in [-0.4, -0.2) is 10.9 Å². The fourth-order valence-corrected chi connectivity index (χ4v) is 0.377. The van der Waals surface area contributed by atoms with Gasteiger partial charge in [-0.25, -0.2) is 0 Å². The molecular formula is C9H14N2O2Y-2. The smallest absolute Gasteiger partial charge is 0.247 e. The first-order chi connectivity index (χ1) is 5.66. The second-order valence-corrected chi connectivity index (χ2v) is 1.83. The minimum atomic E-state index is -0.356. The molecule has 0 bridgehead atoms. The Morgan fingerprint density at radius 2 is 1.93 bits per heavy atom. The quantitative estimate of drug-likeness (QED) is 0.683. The summed E-state index contributed by atoms with van der Waals surface area (Å²) < 4.78 is 0. The number of aromatic amines is 1. The van der Waals surface area contributed by atoms with Crippen LogP contribution >= 0.6 is 0 Å². The van der Waals surface area contributed by atoms with E-state index < -0.39 is 0 Å². The molecule has 1 heterocycles. The number of hydrogen-bond donors (Lipinski definition) is 2. The molecule has 0 aliphatic heterocycles. The molecular weight excluding hydrogens is 257 g/mol. The molecule has 4 nitrogen and oxygen atoms in total. The Morgan fingerprint density at radius 1 is 1.43 bits per heavy atom. The monoisotopic (exact) mass is 271 g/mol. The normalized spacial score (nSPS) is 6.64. The zero-order valence-electron chi connectivity index (χ0n) is 7.12. The summed E-state index contributed by atoms with van der Waals surface area (Å²) in [7, 11) is 3.02. The number of aromatic nitrogens is 1. The first-order valence-electron chi connectivity index (χ1n) is 3.19. The summed E-state index contributed by atoms with van der Waals surface area (Å²) in [6.07, 6.45) is 1.60. The van der Waals surface area contributed by atoms with E-state index in [2.05, 4.69) is 19.0 Å². The molecule has 0 aromatic carbocycles. The van der Waals surface area contributed by atoms with Crippen LogP contribution in [-0.2, 0) is 37.5 Å². The molecule has 77 valence electrons. The summed E-state index contributed by atoms with van der Waals surface area (Å²) in [5, 5.41) is 2.03. The molecule has 1 radical (unpaired) electrons. The van der Waals surface area contributed by atoms with E-state index >= 15 is 0 Å². The van der Waals surface area contributed by atoms with Gasteiger partial charge in [0.25, 0.3) is 0 Å². The summed E-state index contributed by atoms with van der Waals surface area (Å²) in [6, 6.07) is 4.93. The molecule has 0 spiro atoms. The fraction of sp³-hybridized carbons (Fsp3) is 0.111. The Bertz CT molecular complexity index is 269. The van der Waals surface area contributed by atoms with E-state index in [1.54, 1.807) is 18.3 Å². The van der Waals surface area contributed by atoms with E-state index in [0.717, 1.165) is 0 Å². The van der Waals surface area contributed by atoms with Crippen LogP contribution in [0.3, 0.4) is 0 Å². The summed E-state index contributed by atoms with van der Waals surface area (Å²) in [5.74, 6) is -0.356. The summed E-state index contributed by atoms with van der Waals surface area (Å²) >= 11 is 0. The van der Waals surface area contributed by atoms with Crippen molar-refractivity contribution in [2.45, 2.75) is 7.43 Å². The van der Waals surface area contributed by atoms with Gasteiger partial charge in [0.1, 0.15) is 0 Å². The Hall–Kier alpha value is -0.606. The van der Waals surface area contributed by atoms with E-state index in [4.69, 9.17) is 0 Å². The van der Waals surface area contributed by atoms with Gasteiger partial charge in [0.2, 0.25) is 5.56 Å². The number of carbonyl (C=O) groups excluding carboxylic acids is 1. The second-order valence-electron chi connectivity index (χ2n) is 1.83. The Balaban J connectivity index is -0.000000159. The molecule has 1 aromatic heterocycles. The fourth-order valence-electron chi connectivity index (χ4n) is 0.377. The molecule has 14 heavy (non-hydrogen) atoms. The van der Waals surface area contributed by atoms with Crippen LogP contribution in [0.1, 0.15) is 7.43 Å². The molecule has 0 saturated heterocycles. The predicted molar refractivity (Wildman–Crippen MR) is 52.7 cm³/mol. The van der Waals surface area contributed by atoms with Crippen LogP contribution < -0.4 is 10.9 Å². The Kier molecular flexibility index (Phi) is 16.9. The Morgan fingerprint density at radius 3 is 2.07 bits per heavy atom. The number of H-pyrrole nitrogens is 1. The summed E-state index contributed by atoms with van der Waals surface area (Å²) in [4.78, 5) is 22.2. The first-order valence-corrected chi connectivity index (χ1v) is 3.19. The number of amides is 1. The minimum absolute atomic E-state index is 0. The second kappa shape index (κ2) is 12.4. The topological polar surface area (TPSA) is 62.0 Å². The third-order valence-electron chi connectivity index (χ3n) is 0.878. The van der Waals surface area contributed by atoms with Gasteiger partial charge in [-0.1, -0.05) is 13.5 Å². The third kappa shape index (κ3) is 13.9. The molecule has 0 aliphatic rings. The first kappa shape index (κ1) is 19.0. The average molecular weight is 271 g/mol. The van der Waals surface area contributed by atoms with Crippen LogP contribution in [0.2, 0.25) is 0 Å². The van der Waals surface area contributed by atoms with E-state index in [1.807, 2.05) is 5.32 Å². The van der Waals surface area contributed by atoms with E-state index in [1.165, 1.54) is 6.07 Å². The molecule has 1 aromatic rings. The average Bonchev–Trinajstić information content (AvgIpc) is 2.07. The number of pyridine rings is 1. The standard InChI is InChI=1S/C5H5NO.C3H5NO.CH4.Y/c7-5-3-1-2-4-6-5;1-3(5)4-2;;/h1-4H,(H,6,7);1-2H2,(H,4,5);1H4;/q;-2;;. The molecule has 0 unspecified atom stereocenters. The zero-order chi connectivity index (χ0) is 9.40. The maximum Gasteiger partial charge on any atom is 0.247 e. The summed E-state index contributed by atoms with van der Waals surface area (Å²) in [6.45, 7) is 2.94. The van der Waals surface area contributed by atoms with Crippen molar-refractivity contribution < 1.29 is 37.5 Å². The molecule has 0 fully saturated rings. The van der Waals surface area contributed by atoms with Gasteiger partial charge in [0, 0.05) is 45.0 Å². The molecule has 5 heteroatoms. The molecule has 1 amide bonds. The largest absolute Gasteiger partial charge is 0.534 e. The van der Waals surface area contributed by atoms with Crippen molar-refractivity contribution in [2.75, 3.05) is 0 Å². The third-order valence-corrected chi connectivity index (χ3v) is 0.878. The van der Waals surface area contributed by atoms with Gasteiger partial charge in [-0.2, -0.15) is 0 Å². The van der Waals surface area contributed by atoms with Crippen molar-refractivity contribution in [3.05, 3.63) is 48.7 Å². The van der Waals surface area contributed by atoms with Gasteiger partial charge in [0.15, 0.2) is 0 Å². The van der Waals surface area contributed by atoms with Crippen LogP contribution in [0.25, 0.3) is 0 Å². The van der Waals surface area contributed by atoms with Crippen molar-refractivity contribution in [1.29, 1.82) is 0 Å². The van der Waals surface area contributed by atoms with Crippen LogP contribution in [0.5, 0.6) is 0 Å². The van der Waals surface area contributed by atoms with E-state index in [9.17, 15) is 9.59 Å². The van der Waals surface area contributed by atoms with E-state index in [-0.39, 0.29) is 51.6 Å². The summed E-state index contributed by atoms with van der Waals surface area (Å²) in [5.41, 5.74) is -0.0532. The van der Waals surface area contributed by atoms with Crippen molar-refractivity contribution in [3.63, 3.8) is 0 Å². The van der Waals surface area contributed by atoms with Crippen molar-refractivity contribution in [1.82, 2.24) is 10.3 Å². The van der Waals surface area contributed by atoms with Crippen molar-refractivity contribution in [3.8, 4) is 0 Å². The van der Waals surface area contributed by atoms with Gasteiger partial charge in [-0.15, -0.1) is 0 Å². The van der Waals surface area contributed by atoms with E-state index in [0.29, 0.717) is 0 Å². The maximum absolute atomic E-state index is 10.2. The zero-order valence-corrected chi connectivity index (χ0v) is 9.96. The van der Waals surface area contributed by atoms with Gasteiger partial charge >= 0.3 is 0 Å². The van der Waals surface area contributed by atoms with Gasteiger partial charge in [-0.3, -0.25) is 11.8 Å². The van der Waals surface area contributed by atoms with Crippen LogP contribution in [0.4, 0.5) is 0 Å². The van der Waals surface area contributed by atoms with Gasteiger partial charge in [0.05, 0.1) is 5.91 Å².